The van der Waals surface area contributed by atoms with Crippen molar-refractivity contribution < 1.29 is 14.3 Å². The Morgan fingerprint density at radius 3 is 2.64 bits per heavy atom. The van der Waals surface area contributed by atoms with Gasteiger partial charge >= 0.3 is 5.97 Å². The number of hydrogen-bond donors (Lipinski definition) is 0. The highest BCUT2D eigenvalue weighted by Crippen LogP contribution is 2.47. The van der Waals surface area contributed by atoms with Gasteiger partial charge in [0, 0.05) is 12.0 Å². The number of hydrogen-bond acceptors (Lipinski definition) is 4. The van der Waals surface area contributed by atoms with Crippen LogP contribution in [-0.2, 0) is 19.7 Å². The van der Waals surface area contributed by atoms with Crippen LogP contribution >= 0.6 is 0 Å². The molecule has 0 radical (unpaired) electrons. The second-order valence-electron chi connectivity index (χ2n) is 6.37. The fourth-order valence-electron chi connectivity index (χ4n) is 3.47. The second-order valence-corrected chi connectivity index (χ2v) is 6.37. The van der Waals surface area contributed by atoms with Gasteiger partial charge < -0.3 is 9.47 Å². The van der Waals surface area contributed by atoms with Gasteiger partial charge in [0.1, 0.15) is 0 Å². The highest BCUT2D eigenvalue weighted by molar-refractivity contribution is 5.77. The predicted molar refractivity (Wildman–Crippen MR) is 83.1 cm³/mol. The minimum atomic E-state index is -0.821. The Kier molecular flexibility index (Phi) is 4.87. The van der Waals surface area contributed by atoms with E-state index in [1.54, 1.807) is 6.92 Å². The lowest BCUT2D eigenvalue weighted by Crippen LogP contribution is -2.50. The third-order valence-corrected chi connectivity index (χ3v) is 4.33. The molecule has 1 heterocycles. The van der Waals surface area contributed by atoms with Gasteiger partial charge in [0.15, 0.2) is 5.92 Å². The molecule has 22 heavy (non-hydrogen) atoms. The van der Waals surface area contributed by atoms with Gasteiger partial charge in [-0.1, -0.05) is 30.3 Å². The van der Waals surface area contributed by atoms with Crippen molar-refractivity contribution in [2.24, 2.45) is 5.92 Å². The molecule has 0 saturated carbocycles. The Bertz CT molecular complexity index is 561. The van der Waals surface area contributed by atoms with Crippen molar-refractivity contribution in [2.75, 3.05) is 13.2 Å². The Morgan fingerprint density at radius 2 is 2.09 bits per heavy atom. The van der Waals surface area contributed by atoms with Crippen molar-refractivity contribution in [3.63, 3.8) is 0 Å². The van der Waals surface area contributed by atoms with Crippen LogP contribution < -0.4 is 0 Å². The van der Waals surface area contributed by atoms with E-state index in [2.05, 4.69) is 6.07 Å². The van der Waals surface area contributed by atoms with Crippen LogP contribution in [0.5, 0.6) is 0 Å². The van der Waals surface area contributed by atoms with Gasteiger partial charge in [-0.15, -0.1) is 0 Å². The molecule has 1 fully saturated rings. The van der Waals surface area contributed by atoms with Crippen molar-refractivity contribution in [3.05, 3.63) is 35.9 Å². The molecule has 0 spiro atoms. The molecule has 0 N–H and O–H groups in total. The zero-order chi connectivity index (χ0) is 16.2. The molecule has 2 rings (SSSR count). The first-order valence-electron chi connectivity index (χ1n) is 7.71. The van der Waals surface area contributed by atoms with Gasteiger partial charge in [-0.2, -0.15) is 5.26 Å². The van der Waals surface area contributed by atoms with E-state index in [9.17, 15) is 10.1 Å². The van der Waals surface area contributed by atoms with Crippen LogP contribution in [-0.4, -0.2) is 24.8 Å². The van der Waals surface area contributed by atoms with E-state index in [-0.39, 0.29) is 12.2 Å². The molecule has 4 heteroatoms. The number of benzene rings is 1. The van der Waals surface area contributed by atoms with Gasteiger partial charge in [0.25, 0.3) is 0 Å². The molecule has 1 aromatic carbocycles. The lowest BCUT2D eigenvalue weighted by molar-refractivity contribution is -0.153. The average molecular weight is 301 g/mol. The molecule has 0 aliphatic carbocycles. The Labute approximate surface area is 132 Å². The van der Waals surface area contributed by atoms with E-state index in [1.165, 1.54) is 0 Å². The van der Waals surface area contributed by atoms with Crippen LogP contribution in [0.2, 0.25) is 0 Å². The van der Waals surface area contributed by atoms with Gasteiger partial charge in [-0.3, -0.25) is 4.79 Å². The van der Waals surface area contributed by atoms with Crippen molar-refractivity contribution in [1.29, 1.82) is 5.26 Å². The summed E-state index contributed by atoms with van der Waals surface area (Å²) < 4.78 is 11.0. The third kappa shape index (κ3) is 3.15. The molecule has 0 aromatic heterocycles. The lowest BCUT2D eigenvalue weighted by Gasteiger charge is -2.46. The smallest absolute Gasteiger partial charge is 0.324 e. The maximum Gasteiger partial charge on any atom is 0.324 e. The van der Waals surface area contributed by atoms with E-state index in [1.807, 2.05) is 44.2 Å². The van der Waals surface area contributed by atoms with Crippen molar-refractivity contribution in [1.82, 2.24) is 0 Å². The third-order valence-electron chi connectivity index (χ3n) is 4.33. The maximum atomic E-state index is 12.4. The quantitative estimate of drug-likeness (QED) is 0.801. The van der Waals surface area contributed by atoms with E-state index in [0.29, 0.717) is 19.4 Å². The molecule has 1 aromatic rings. The molecule has 0 unspecified atom stereocenters. The summed E-state index contributed by atoms with van der Waals surface area (Å²) in [4.78, 5) is 12.4. The van der Waals surface area contributed by atoms with Gasteiger partial charge in [0.2, 0.25) is 0 Å². The minimum absolute atomic E-state index is 0.280. The van der Waals surface area contributed by atoms with Crippen molar-refractivity contribution in [3.8, 4) is 6.07 Å². The van der Waals surface area contributed by atoms with Crippen LogP contribution in [0.15, 0.2) is 30.3 Å². The SMILES string of the molecule is CCOC(=O)[C@H](C#N)[C@]1(c2ccccc2)CCOC(C)(C)C1. The van der Waals surface area contributed by atoms with Crippen LogP contribution in [0.4, 0.5) is 0 Å². The molecular formula is C18H23NO3. The average Bonchev–Trinajstić information content (AvgIpc) is 2.48. The first-order chi connectivity index (χ1) is 10.4. The van der Waals surface area contributed by atoms with E-state index < -0.39 is 17.3 Å². The summed E-state index contributed by atoms with van der Waals surface area (Å²) >= 11 is 0. The molecule has 0 bridgehead atoms. The van der Waals surface area contributed by atoms with Crippen molar-refractivity contribution >= 4 is 5.97 Å². The molecule has 0 amide bonds. The van der Waals surface area contributed by atoms with Crippen LogP contribution in [0.25, 0.3) is 0 Å². The van der Waals surface area contributed by atoms with Crippen LogP contribution in [0.1, 0.15) is 39.2 Å². The number of rotatable bonds is 4. The standard InChI is InChI=1S/C18H23NO3/c1-4-21-16(20)15(12-19)18(14-8-6-5-7-9-14)10-11-22-17(2,3)13-18/h5-9,15H,4,10-11,13H2,1-3H3/t15-,18+/m0/s1. The van der Waals surface area contributed by atoms with E-state index >= 15 is 0 Å². The van der Waals surface area contributed by atoms with Gasteiger partial charge in [0.05, 0.1) is 18.3 Å². The molecule has 1 saturated heterocycles. The second kappa shape index (κ2) is 6.50. The largest absolute Gasteiger partial charge is 0.465 e. The number of nitrogens with zero attached hydrogens (tertiary/aromatic N) is 1. The molecule has 1 aliphatic heterocycles. The number of ether oxygens (including phenoxy) is 2. The number of nitriles is 1. The Morgan fingerprint density at radius 1 is 1.41 bits per heavy atom. The monoisotopic (exact) mass is 301 g/mol. The van der Waals surface area contributed by atoms with Gasteiger partial charge in [-0.25, -0.2) is 0 Å². The molecular weight excluding hydrogens is 278 g/mol. The summed E-state index contributed by atoms with van der Waals surface area (Å²) in [5.41, 5.74) is 0.0608. The zero-order valence-corrected chi connectivity index (χ0v) is 13.5. The summed E-state index contributed by atoms with van der Waals surface area (Å²) in [7, 11) is 0. The first kappa shape index (κ1) is 16.5. The Balaban J connectivity index is 2.50. The zero-order valence-electron chi connectivity index (χ0n) is 13.5. The number of esters is 1. The molecule has 1 aliphatic rings. The summed E-state index contributed by atoms with van der Waals surface area (Å²) in [5, 5.41) is 9.68. The van der Waals surface area contributed by atoms with Crippen molar-refractivity contribution in [2.45, 2.75) is 44.6 Å². The summed E-state index contributed by atoms with van der Waals surface area (Å²) in [6, 6.07) is 12.0. The van der Waals surface area contributed by atoms with E-state index in [4.69, 9.17) is 9.47 Å². The molecule has 4 nitrogen and oxygen atoms in total. The molecule has 2 atom stereocenters. The lowest BCUT2D eigenvalue weighted by atomic mass is 9.62. The Hall–Kier alpha value is -1.86. The fourth-order valence-corrected chi connectivity index (χ4v) is 3.47. The minimum Gasteiger partial charge on any atom is -0.465 e. The summed E-state index contributed by atoms with van der Waals surface area (Å²) in [6.45, 7) is 6.57. The highest BCUT2D eigenvalue weighted by Gasteiger charge is 2.51. The summed E-state index contributed by atoms with van der Waals surface area (Å²) in [5.74, 6) is -1.26. The first-order valence-corrected chi connectivity index (χ1v) is 7.71. The van der Waals surface area contributed by atoms with E-state index in [0.717, 1.165) is 5.56 Å². The normalized spacial score (nSPS) is 25.0. The molecule has 118 valence electrons. The topological polar surface area (TPSA) is 59.3 Å². The number of carbonyl (C=O) groups excluding carboxylic acids is 1. The predicted octanol–water partition coefficient (Wildman–Crippen LogP) is 3.22. The fraction of sp³-hybridized carbons (Fsp3) is 0.556. The van der Waals surface area contributed by atoms with Crippen LogP contribution in [0.3, 0.4) is 0 Å². The van der Waals surface area contributed by atoms with Crippen LogP contribution in [0, 0.1) is 17.2 Å². The maximum absolute atomic E-state index is 12.4. The summed E-state index contributed by atoms with van der Waals surface area (Å²) in [6.07, 6.45) is 1.25. The highest BCUT2D eigenvalue weighted by atomic mass is 16.5. The van der Waals surface area contributed by atoms with Gasteiger partial charge in [-0.05, 0) is 39.2 Å². The number of carbonyl (C=O) groups is 1.